The lowest BCUT2D eigenvalue weighted by Gasteiger charge is -2.10. The van der Waals surface area contributed by atoms with Gasteiger partial charge in [0.25, 0.3) is 0 Å². The molecule has 3 rings (SSSR count). The van der Waals surface area contributed by atoms with E-state index >= 15 is 0 Å². The Morgan fingerprint density at radius 2 is 1.12 bits per heavy atom. The lowest BCUT2D eigenvalue weighted by molar-refractivity contribution is -0.409. The van der Waals surface area contributed by atoms with Gasteiger partial charge in [-0.1, -0.05) is 78.9 Å². The molecule has 0 spiro atoms. The van der Waals surface area contributed by atoms with Crippen molar-refractivity contribution in [3.05, 3.63) is 117 Å². The maximum atomic E-state index is 11.8. The fourth-order valence-corrected chi connectivity index (χ4v) is 3.33. The summed E-state index contributed by atoms with van der Waals surface area (Å²) in [6, 6.07) is 28.4. The minimum Gasteiger partial charge on any atom is -0.258 e. The quantitative estimate of drug-likeness (QED) is 0.353. The maximum absolute atomic E-state index is 11.8. The van der Waals surface area contributed by atoms with Gasteiger partial charge in [-0.25, -0.2) is 0 Å². The Kier molecular flexibility index (Phi) is 5.08. The van der Waals surface area contributed by atoms with Crippen LogP contribution in [-0.2, 0) is 0 Å². The van der Waals surface area contributed by atoms with Gasteiger partial charge < -0.3 is 0 Å². The molecule has 0 N–H and O–H groups in total. The zero-order valence-corrected chi connectivity index (χ0v) is 13.6. The number of rotatable bonds is 5. The van der Waals surface area contributed by atoms with Crippen LogP contribution in [0.3, 0.4) is 0 Å². The molecule has 0 saturated heterocycles. The van der Waals surface area contributed by atoms with Gasteiger partial charge >= 0.3 is 5.03 Å². The number of benzene rings is 3. The van der Waals surface area contributed by atoms with Crippen LogP contribution in [0, 0.1) is 10.1 Å². The normalized spacial score (nSPS) is 10.2. The van der Waals surface area contributed by atoms with Gasteiger partial charge in [0.15, 0.2) is 0 Å². The zero-order chi connectivity index (χ0) is 16.8. The third-order valence-electron chi connectivity index (χ3n) is 3.46. The third kappa shape index (κ3) is 3.73. The molecule has 0 aliphatic heterocycles. The van der Waals surface area contributed by atoms with E-state index in [1.165, 1.54) is 11.8 Å². The van der Waals surface area contributed by atoms with Crippen molar-refractivity contribution in [3.8, 4) is 0 Å². The molecule has 0 unspecified atom stereocenters. The Bertz CT molecular complexity index is 805. The van der Waals surface area contributed by atoms with E-state index in [4.69, 9.17) is 0 Å². The first-order valence-corrected chi connectivity index (χ1v) is 8.30. The first-order chi connectivity index (χ1) is 11.8. The maximum Gasteiger partial charge on any atom is 0.316 e. The highest BCUT2D eigenvalue weighted by atomic mass is 32.2. The molecule has 3 aromatic carbocycles. The van der Waals surface area contributed by atoms with Crippen LogP contribution in [0.4, 0.5) is 0 Å². The summed E-state index contributed by atoms with van der Waals surface area (Å²) in [5, 5.41) is 11.9. The van der Waals surface area contributed by atoms with Crippen LogP contribution < -0.4 is 0 Å². The van der Waals surface area contributed by atoms with Crippen LogP contribution >= 0.6 is 11.8 Å². The second-order valence-electron chi connectivity index (χ2n) is 5.08. The van der Waals surface area contributed by atoms with Gasteiger partial charge in [-0.2, -0.15) is 0 Å². The van der Waals surface area contributed by atoms with Crippen molar-refractivity contribution in [3.63, 3.8) is 0 Å². The smallest absolute Gasteiger partial charge is 0.258 e. The van der Waals surface area contributed by atoms with E-state index in [1.807, 2.05) is 91.0 Å². The standard InChI is InChI=1S/C20H15NO2S/c22-21(23)20(24-18-14-8-3-9-15-18)19(16-10-4-1-5-11-16)17-12-6-2-7-13-17/h1-15H. The second kappa shape index (κ2) is 7.62. The molecular formula is C20H15NO2S. The Morgan fingerprint density at radius 3 is 1.54 bits per heavy atom. The van der Waals surface area contributed by atoms with Crippen LogP contribution in [-0.4, -0.2) is 4.92 Å². The molecule has 0 amide bonds. The average Bonchev–Trinajstić information content (AvgIpc) is 2.64. The average molecular weight is 333 g/mol. The summed E-state index contributed by atoms with van der Waals surface area (Å²) < 4.78 is 0. The summed E-state index contributed by atoms with van der Waals surface area (Å²) >= 11 is 1.18. The predicted octanol–water partition coefficient (Wildman–Crippen LogP) is 5.47. The van der Waals surface area contributed by atoms with E-state index in [1.54, 1.807) is 0 Å². The second-order valence-corrected chi connectivity index (χ2v) is 6.15. The summed E-state index contributed by atoms with van der Waals surface area (Å²) in [5.41, 5.74) is 2.30. The molecule has 0 radical (unpaired) electrons. The van der Waals surface area contributed by atoms with Crippen molar-refractivity contribution in [2.45, 2.75) is 4.90 Å². The van der Waals surface area contributed by atoms with Crippen LogP contribution in [0.2, 0.25) is 0 Å². The van der Waals surface area contributed by atoms with E-state index in [0.717, 1.165) is 16.0 Å². The molecule has 0 aliphatic rings. The zero-order valence-electron chi connectivity index (χ0n) is 12.8. The summed E-state index contributed by atoms with van der Waals surface area (Å²) in [5.74, 6) is 0. The van der Waals surface area contributed by atoms with Gasteiger partial charge in [-0.05, 0) is 35.0 Å². The molecule has 0 saturated carbocycles. The van der Waals surface area contributed by atoms with Crippen molar-refractivity contribution in [1.82, 2.24) is 0 Å². The van der Waals surface area contributed by atoms with E-state index in [9.17, 15) is 10.1 Å². The summed E-state index contributed by atoms with van der Waals surface area (Å²) in [6.07, 6.45) is 0. The molecule has 118 valence electrons. The van der Waals surface area contributed by atoms with Crippen molar-refractivity contribution < 1.29 is 4.92 Å². The predicted molar refractivity (Wildman–Crippen MR) is 98.2 cm³/mol. The van der Waals surface area contributed by atoms with E-state index in [0.29, 0.717) is 5.57 Å². The van der Waals surface area contributed by atoms with Crippen LogP contribution in [0.25, 0.3) is 5.57 Å². The van der Waals surface area contributed by atoms with Gasteiger partial charge in [-0.3, -0.25) is 10.1 Å². The van der Waals surface area contributed by atoms with E-state index < -0.39 is 0 Å². The fourth-order valence-electron chi connectivity index (χ4n) is 2.40. The van der Waals surface area contributed by atoms with Gasteiger partial charge in [-0.15, -0.1) is 0 Å². The molecule has 3 aromatic rings. The lowest BCUT2D eigenvalue weighted by Crippen LogP contribution is -2.01. The monoisotopic (exact) mass is 333 g/mol. The van der Waals surface area contributed by atoms with Crippen molar-refractivity contribution >= 4 is 17.3 Å². The lowest BCUT2D eigenvalue weighted by atomic mass is 9.99. The molecule has 24 heavy (non-hydrogen) atoms. The Hall–Kier alpha value is -2.85. The van der Waals surface area contributed by atoms with Gasteiger partial charge in [0.2, 0.25) is 0 Å². The fraction of sp³-hybridized carbons (Fsp3) is 0. The molecule has 0 fully saturated rings. The highest BCUT2D eigenvalue weighted by molar-refractivity contribution is 8.03. The van der Waals surface area contributed by atoms with Crippen molar-refractivity contribution in [2.75, 3.05) is 0 Å². The first-order valence-electron chi connectivity index (χ1n) is 7.48. The van der Waals surface area contributed by atoms with Gasteiger partial charge in [0.05, 0.1) is 10.5 Å². The van der Waals surface area contributed by atoms with Crippen molar-refractivity contribution in [1.29, 1.82) is 0 Å². The van der Waals surface area contributed by atoms with Gasteiger partial charge in [0.1, 0.15) is 0 Å². The number of thioether (sulfide) groups is 1. The molecule has 0 heterocycles. The minimum atomic E-state index is -0.299. The first kappa shape index (κ1) is 16.0. The summed E-state index contributed by atoms with van der Waals surface area (Å²) in [7, 11) is 0. The van der Waals surface area contributed by atoms with Crippen LogP contribution in [0.15, 0.2) is 101 Å². The number of nitrogens with zero attached hydrogens (tertiary/aromatic N) is 1. The highest BCUT2D eigenvalue weighted by Crippen LogP contribution is 2.36. The largest absolute Gasteiger partial charge is 0.316 e. The third-order valence-corrected chi connectivity index (χ3v) is 4.52. The topological polar surface area (TPSA) is 43.1 Å². The molecule has 4 heteroatoms. The molecule has 0 aliphatic carbocycles. The highest BCUT2D eigenvalue weighted by Gasteiger charge is 2.23. The van der Waals surface area contributed by atoms with E-state index in [-0.39, 0.29) is 9.95 Å². The molecule has 0 atom stereocenters. The van der Waals surface area contributed by atoms with E-state index in [2.05, 4.69) is 0 Å². The molecule has 3 nitrogen and oxygen atoms in total. The number of hydrogen-bond acceptors (Lipinski definition) is 3. The Morgan fingerprint density at radius 1 is 0.708 bits per heavy atom. The minimum absolute atomic E-state index is 0.124. The Labute approximate surface area is 144 Å². The summed E-state index contributed by atoms with van der Waals surface area (Å²) in [4.78, 5) is 12.4. The van der Waals surface area contributed by atoms with Gasteiger partial charge in [0, 0.05) is 4.90 Å². The SMILES string of the molecule is O=[N+]([O-])C(Sc1ccccc1)=C(c1ccccc1)c1ccccc1. The number of nitro groups is 1. The summed E-state index contributed by atoms with van der Waals surface area (Å²) in [6.45, 7) is 0. The molecule has 0 aromatic heterocycles. The van der Waals surface area contributed by atoms with Crippen molar-refractivity contribution in [2.24, 2.45) is 0 Å². The molecular weight excluding hydrogens is 318 g/mol. The molecule has 0 bridgehead atoms. The van der Waals surface area contributed by atoms with Crippen LogP contribution in [0.1, 0.15) is 11.1 Å². The number of hydrogen-bond donors (Lipinski definition) is 0. The Balaban J connectivity index is 2.19. The van der Waals surface area contributed by atoms with Crippen LogP contribution in [0.5, 0.6) is 0 Å².